The average molecular weight is 151 g/mol. The molecule has 3 nitrogen and oxygen atoms in total. The summed E-state index contributed by atoms with van der Waals surface area (Å²) in [5.41, 5.74) is 0. The summed E-state index contributed by atoms with van der Waals surface area (Å²) in [5.74, 6) is 8.00. The third-order valence-corrected chi connectivity index (χ3v) is 0. The molecule has 0 fully saturated rings. The maximum Gasteiger partial charge on any atom is 0 e. The minimum Gasteiger partial charge on any atom is -0.412 e. The normalized spacial score (nSPS) is 1.50. The van der Waals surface area contributed by atoms with Gasteiger partial charge in [0, 0.05) is 19.5 Å². The summed E-state index contributed by atoms with van der Waals surface area (Å²) in [7, 11) is 0. The maximum atomic E-state index is 4.00. The number of hydrogen-bond donors (Lipinski definition) is 2. The smallest absolute Gasteiger partial charge is 0 e. The summed E-state index contributed by atoms with van der Waals surface area (Å²) >= 11 is 0. The van der Waals surface area contributed by atoms with Crippen LogP contribution in [0.5, 0.6) is 0 Å². The molecule has 0 saturated carbocycles. The molecular formula is H6N2ORu. The summed E-state index contributed by atoms with van der Waals surface area (Å²) in [5, 5.41) is 0. The molecule has 0 aromatic heterocycles. The van der Waals surface area contributed by atoms with E-state index in [9.17, 15) is 0 Å². The average Bonchev–Trinajstić information content (AvgIpc) is 1.00. The predicted octanol–water partition coefficient (Wildman–Crippen LogP) is -2.01. The largest absolute Gasteiger partial charge is 0.412 e. The van der Waals surface area contributed by atoms with Crippen LogP contribution in [-0.2, 0) is 19.5 Å². The first-order chi connectivity index (χ1) is 1.00. The Bertz CT molecular complexity index is 6.00. The molecule has 4 heteroatoms. The molecule has 4 heavy (non-hydrogen) atoms. The van der Waals surface area contributed by atoms with Gasteiger partial charge < -0.3 is 5.48 Å². The molecule has 0 aliphatic carbocycles. The van der Waals surface area contributed by atoms with E-state index in [-0.39, 0.29) is 25.0 Å². The maximum absolute atomic E-state index is 4.00. The van der Waals surface area contributed by atoms with Gasteiger partial charge in [-0.15, -0.1) is 0 Å². The zero-order valence-electron chi connectivity index (χ0n) is 2.01. The fraction of sp³-hybridized carbons (Fsp3) is 0. The second kappa shape index (κ2) is 86.6. The Kier molecular flexibility index (Phi) is 530. The van der Waals surface area contributed by atoms with Crippen molar-refractivity contribution in [2.24, 2.45) is 11.7 Å². The van der Waals surface area contributed by atoms with Crippen molar-refractivity contribution in [2.75, 3.05) is 0 Å². The van der Waals surface area contributed by atoms with Gasteiger partial charge in [-0.25, -0.2) is 0 Å². The number of nitrogens with two attached hydrogens (primary N) is 2. The summed E-state index contributed by atoms with van der Waals surface area (Å²) in [6.45, 7) is 0. The molecule has 30 valence electrons. The summed E-state index contributed by atoms with van der Waals surface area (Å²) in [6, 6.07) is 0. The molecule has 0 rings (SSSR count). The van der Waals surface area contributed by atoms with E-state index in [4.69, 9.17) is 0 Å². The van der Waals surface area contributed by atoms with Gasteiger partial charge in [0.25, 0.3) is 0 Å². The molecule has 0 heterocycles. The van der Waals surface area contributed by atoms with Gasteiger partial charge in [0.05, 0.1) is 0 Å². The standard InChI is InChI=1S/H4N2.H2O.Ru/c1-2;;/h1-2H2;1H2;. The predicted molar refractivity (Wildman–Crippen MR) is 12.0 cm³/mol. The fourth-order valence-corrected chi connectivity index (χ4v) is 0. The molecule has 0 aromatic carbocycles. The van der Waals surface area contributed by atoms with Crippen LogP contribution >= 0.6 is 0 Å². The van der Waals surface area contributed by atoms with E-state index >= 15 is 0 Å². The Labute approximate surface area is 37.4 Å². The van der Waals surface area contributed by atoms with Crippen molar-refractivity contribution in [3.8, 4) is 0 Å². The van der Waals surface area contributed by atoms with E-state index in [1.807, 2.05) is 0 Å². The molecule has 0 aliphatic heterocycles. The third-order valence-electron chi connectivity index (χ3n) is 0. The van der Waals surface area contributed by atoms with Crippen LogP contribution in [0.2, 0.25) is 0 Å². The Morgan fingerprint density at radius 3 is 1.00 bits per heavy atom. The minimum absolute atomic E-state index is 0. The van der Waals surface area contributed by atoms with Crippen LogP contribution in [0.4, 0.5) is 0 Å². The quantitative estimate of drug-likeness (QED) is 0.238. The first kappa shape index (κ1) is 24.5. The van der Waals surface area contributed by atoms with Crippen molar-refractivity contribution in [3.05, 3.63) is 0 Å². The van der Waals surface area contributed by atoms with Gasteiger partial charge in [0.15, 0.2) is 0 Å². The van der Waals surface area contributed by atoms with Gasteiger partial charge in [-0.05, 0) is 0 Å². The Hall–Kier alpha value is 0.503. The molecular weight excluding hydrogens is 145 g/mol. The van der Waals surface area contributed by atoms with E-state index in [1.165, 1.54) is 0 Å². The number of hydrazine groups is 1. The van der Waals surface area contributed by atoms with Crippen molar-refractivity contribution >= 4 is 0 Å². The van der Waals surface area contributed by atoms with Crippen LogP contribution in [0, 0.1) is 0 Å². The van der Waals surface area contributed by atoms with Crippen molar-refractivity contribution in [1.82, 2.24) is 0 Å². The monoisotopic (exact) mass is 152 g/mol. The molecule has 0 bridgehead atoms. The fourth-order valence-electron chi connectivity index (χ4n) is 0. The Morgan fingerprint density at radius 1 is 1.00 bits per heavy atom. The second-order valence-electron chi connectivity index (χ2n) is 0. The van der Waals surface area contributed by atoms with Crippen LogP contribution in [-0.4, -0.2) is 5.48 Å². The van der Waals surface area contributed by atoms with Gasteiger partial charge in [-0.2, -0.15) is 0 Å². The SMILES string of the molecule is NN.O.[Ru]. The second-order valence-corrected chi connectivity index (χ2v) is 0. The van der Waals surface area contributed by atoms with Crippen LogP contribution in [0.15, 0.2) is 0 Å². The van der Waals surface area contributed by atoms with Crippen LogP contribution in [0.25, 0.3) is 0 Å². The number of rotatable bonds is 0. The zero-order valence-corrected chi connectivity index (χ0v) is 3.75. The van der Waals surface area contributed by atoms with E-state index in [2.05, 4.69) is 11.7 Å². The topological polar surface area (TPSA) is 83.5 Å². The van der Waals surface area contributed by atoms with Gasteiger partial charge in [-0.3, -0.25) is 11.7 Å². The molecule has 0 radical (unpaired) electrons. The minimum atomic E-state index is 0. The molecule has 0 amide bonds. The molecule has 0 saturated heterocycles. The third kappa shape index (κ3) is 22.3. The molecule has 0 aromatic rings. The van der Waals surface area contributed by atoms with E-state index in [1.54, 1.807) is 0 Å². The van der Waals surface area contributed by atoms with Gasteiger partial charge in [-0.1, -0.05) is 0 Å². The van der Waals surface area contributed by atoms with Crippen LogP contribution < -0.4 is 11.7 Å². The van der Waals surface area contributed by atoms with Crippen LogP contribution in [0.3, 0.4) is 0 Å². The van der Waals surface area contributed by atoms with Crippen LogP contribution in [0.1, 0.15) is 0 Å². The van der Waals surface area contributed by atoms with E-state index in [0.29, 0.717) is 0 Å². The Balaban J connectivity index is -0.00000000500. The summed E-state index contributed by atoms with van der Waals surface area (Å²) in [4.78, 5) is 0. The van der Waals surface area contributed by atoms with Crippen molar-refractivity contribution in [2.45, 2.75) is 0 Å². The number of hydrogen-bond acceptors (Lipinski definition) is 2. The van der Waals surface area contributed by atoms with E-state index < -0.39 is 0 Å². The Morgan fingerprint density at radius 2 is 1.00 bits per heavy atom. The summed E-state index contributed by atoms with van der Waals surface area (Å²) in [6.07, 6.45) is 0. The van der Waals surface area contributed by atoms with Crippen molar-refractivity contribution in [3.63, 3.8) is 0 Å². The van der Waals surface area contributed by atoms with Crippen molar-refractivity contribution in [1.29, 1.82) is 0 Å². The molecule has 0 unspecified atom stereocenters. The summed E-state index contributed by atoms with van der Waals surface area (Å²) < 4.78 is 0. The first-order valence-corrected chi connectivity index (χ1v) is 0.333. The molecule has 0 atom stereocenters. The van der Waals surface area contributed by atoms with Gasteiger partial charge >= 0.3 is 0 Å². The molecule has 0 aliphatic rings. The molecule has 0 spiro atoms. The first-order valence-electron chi connectivity index (χ1n) is 0.333. The van der Waals surface area contributed by atoms with Crippen molar-refractivity contribution < 1.29 is 25.0 Å². The van der Waals surface area contributed by atoms with Gasteiger partial charge in [0.2, 0.25) is 0 Å². The van der Waals surface area contributed by atoms with Gasteiger partial charge in [0.1, 0.15) is 0 Å². The zero-order chi connectivity index (χ0) is 2.00. The van der Waals surface area contributed by atoms with E-state index in [0.717, 1.165) is 0 Å². The molecule has 6 N–H and O–H groups in total.